The van der Waals surface area contributed by atoms with Gasteiger partial charge in [-0.15, -0.1) is 0 Å². The largest absolute Gasteiger partial charge is 0.344 e. The van der Waals surface area contributed by atoms with Crippen LogP contribution in [0.1, 0.15) is 5.56 Å². The number of nitrogens with zero attached hydrogens (tertiary/aromatic N) is 4. The zero-order chi connectivity index (χ0) is 13.2. The molecule has 0 aliphatic rings. The lowest BCUT2D eigenvalue weighted by Gasteiger charge is -2.05. The number of anilines is 2. The molecule has 0 aliphatic heterocycles. The fourth-order valence-corrected chi connectivity index (χ4v) is 2.22. The summed E-state index contributed by atoms with van der Waals surface area (Å²) in [7, 11) is 0. The smallest absolute Gasteiger partial charge is 0.227 e. The van der Waals surface area contributed by atoms with Gasteiger partial charge in [0.25, 0.3) is 0 Å². The molecule has 0 fully saturated rings. The van der Waals surface area contributed by atoms with E-state index in [-0.39, 0.29) is 0 Å². The van der Waals surface area contributed by atoms with Crippen molar-refractivity contribution >= 4 is 38.6 Å². The number of benzene rings is 1. The Morgan fingerprint density at radius 1 is 1.21 bits per heavy atom. The van der Waals surface area contributed by atoms with Crippen LogP contribution in [0, 0.1) is 11.3 Å². The first kappa shape index (κ1) is 11.6. The third-order valence-electron chi connectivity index (χ3n) is 2.51. The van der Waals surface area contributed by atoms with Crippen LogP contribution in [-0.4, -0.2) is 19.9 Å². The zero-order valence-electron chi connectivity index (χ0n) is 9.55. The van der Waals surface area contributed by atoms with Crippen LogP contribution < -0.4 is 5.32 Å². The van der Waals surface area contributed by atoms with Crippen LogP contribution in [0.4, 0.5) is 11.6 Å². The molecule has 0 radical (unpaired) electrons. The Balaban J connectivity index is 1.94. The van der Waals surface area contributed by atoms with Crippen molar-refractivity contribution in [2.45, 2.75) is 0 Å². The summed E-state index contributed by atoms with van der Waals surface area (Å²) in [5.74, 6) is 0.435. The monoisotopic (exact) mass is 314 g/mol. The van der Waals surface area contributed by atoms with Gasteiger partial charge in [0, 0.05) is 10.2 Å². The molecule has 19 heavy (non-hydrogen) atoms. The molecule has 6 nitrogen and oxygen atoms in total. The van der Waals surface area contributed by atoms with Gasteiger partial charge in [-0.1, -0.05) is 0 Å². The molecule has 0 bridgehead atoms. The summed E-state index contributed by atoms with van der Waals surface area (Å²) < 4.78 is 0.877. The Morgan fingerprint density at radius 2 is 2.00 bits per heavy atom. The highest BCUT2D eigenvalue weighted by molar-refractivity contribution is 9.10. The zero-order valence-corrected chi connectivity index (χ0v) is 11.1. The first-order valence-electron chi connectivity index (χ1n) is 5.38. The van der Waals surface area contributed by atoms with Gasteiger partial charge in [0.2, 0.25) is 5.95 Å². The van der Waals surface area contributed by atoms with Gasteiger partial charge in [-0.3, -0.25) is 0 Å². The number of aromatic nitrogens is 4. The van der Waals surface area contributed by atoms with Crippen molar-refractivity contribution < 1.29 is 0 Å². The normalized spacial score (nSPS) is 10.3. The van der Waals surface area contributed by atoms with E-state index in [0.717, 1.165) is 21.2 Å². The molecule has 2 aromatic heterocycles. The number of H-pyrrole nitrogens is 1. The van der Waals surface area contributed by atoms with Crippen LogP contribution in [-0.2, 0) is 0 Å². The lowest BCUT2D eigenvalue weighted by atomic mass is 10.3. The second-order valence-corrected chi connectivity index (χ2v) is 4.64. The van der Waals surface area contributed by atoms with Gasteiger partial charge in [0.15, 0.2) is 0 Å². The number of nitriles is 1. The van der Waals surface area contributed by atoms with Crippen LogP contribution in [0.15, 0.2) is 35.3 Å². The molecule has 0 saturated carbocycles. The number of hydrogen-bond acceptors (Lipinski definition) is 5. The maximum Gasteiger partial charge on any atom is 0.227 e. The lowest BCUT2D eigenvalue weighted by Crippen LogP contribution is -1.97. The molecule has 0 unspecified atom stereocenters. The van der Waals surface area contributed by atoms with Gasteiger partial charge in [-0.25, -0.2) is 15.0 Å². The standard InChI is InChI=1S/C12H7BrN6/c13-9-1-8(2-10-11(9)18-6-17-10)19-12-15-4-7(3-14)5-16-12/h1-2,4-6H,(H,17,18)(H,15,16,19). The topological polar surface area (TPSA) is 90.3 Å². The molecule has 0 spiro atoms. The SMILES string of the molecule is N#Cc1cnc(Nc2cc(Br)c3nc[nH]c3c2)nc1. The van der Waals surface area contributed by atoms with Crippen LogP contribution in [0.5, 0.6) is 0 Å². The Labute approximate surface area is 116 Å². The lowest BCUT2D eigenvalue weighted by molar-refractivity contribution is 1.15. The second-order valence-electron chi connectivity index (χ2n) is 3.79. The van der Waals surface area contributed by atoms with E-state index in [2.05, 4.69) is 41.2 Å². The minimum atomic E-state index is 0.427. The van der Waals surface area contributed by atoms with Gasteiger partial charge < -0.3 is 10.3 Å². The minimum Gasteiger partial charge on any atom is -0.344 e. The molecular weight excluding hydrogens is 308 g/mol. The van der Waals surface area contributed by atoms with Crippen LogP contribution in [0.3, 0.4) is 0 Å². The molecule has 0 atom stereocenters. The fraction of sp³-hybridized carbons (Fsp3) is 0. The molecule has 92 valence electrons. The predicted molar refractivity (Wildman–Crippen MR) is 73.8 cm³/mol. The summed E-state index contributed by atoms with van der Waals surface area (Å²) in [6.45, 7) is 0. The van der Waals surface area contributed by atoms with E-state index in [9.17, 15) is 0 Å². The molecule has 0 amide bonds. The van der Waals surface area contributed by atoms with Crippen LogP contribution >= 0.6 is 15.9 Å². The number of fused-ring (bicyclic) bond motifs is 1. The maximum absolute atomic E-state index is 8.68. The summed E-state index contributed by atoms with van der Waals surface area (Å²) in [6.07, 6.45) is 4.58. The molecule has 3 rings (SSSR count). The molecule has 2 N–H and O–H groups in total. The summed E-state index contributed by atoms with van der Waals surface area (Å²) in [5.41, 5.74) is 3.03. The Bertz CT molecular complexity index is 771. The highest BCUT2D eigenvalue weighted by Gasteiger charge is 2.05. The summed E-state index contributed by atoms with van der Waals surface area (Å²) >= 11 is 3.46. The Hall–Kier alpha value is -2.46. The quantitative estimate of drug-likeness (QED) is 0.759. The number of hydrogen-bond donors (Lipinski definition) is 2. The molecule has 3 aromatic rings. The molecule has 2 heterocycles. The van der Waals surface area contributed by atoms with Crippen molar-refractivity contribution in [1.82, 2.24) is 19.9 Å². The second kappa shape index (κ2) is 4.66. The van der Waals surface area contributed by atoms with Gasteiger partial charge in [-0.2, -0.15) is 5.26 Å². The average Bonchev–Trinajstić information content (AvgIpc) is 2.88. The molecular formula is C12H7BrN6. The van der Waals surface area contributed by atoms with E-state index in [1.54, 1.807) is 6.33 Å². The van der Waals surface area contributed by atoms with Crippen molar-refractivity contribution in [1.29, 1.82) is 5.26 Å². The number of rotatable bonds is 2. The third kappa shape index (κ3) is 2.26. The summed E-state index contributed by atoms with van der Waals surface area (Å²) in [5, 5.41) is 11.8. The minimum absolute atomic E-state index is 0.427. The van der Waals surface area contributed by atoms with Gasteiger partial charge in [-0.05, 0) is 28.1 Å². The number of halogens is 1. The Morgan fingerprint density at radius 3 is 2.74 bits per heavy atom. The van der Waals surface area contributed by atoms with E-state index in [1.165, 1.54) is 12.4 Å². The van der Waals surface area contributed by atoms with Crippen molar-refractivity contribution in [3.8, 4) is 6.07 Å². The van der Waals surface area contributed by atoms with E-state index in [0.29, 0.717) is 11.5 Å². The van der Waals surface area contributed by atoms with Gasteiger partial charge in [0.1, 0.15) is 11.6 Å². The van der Waals surface area contributed by atoms with Gasteiger partial charge >= 0.3 is 0 Å². The fourth-order valence-electron chi connectivity index (χ4n) is 1.66. The van der Waals surface area contributed by atoms with Crippen molar-refractivity contribution in [2.75, 3.05) is 5.32 Å². The predicted octanol–water partition coefficient (Wildman–Crippen LogP) is 2.73. The number of nitrogens with one attached hydrogen (secondary N) is 2. The maximum atomic E-state index is 8.68. The number of aromatic amines is 1. The van der Waals surface area contributed by atoms with Crippen molar-refractivity contribution in [3.63, 3.8) is 0 Å². The summed E-state index contributed by atoms with van der Waals surface area (Å²) in [6, 6.07) is 5.78. The van der Waals surface area contributed by atoms with E-state index >= 15 is 0 Å². The van der Waals surface area contributed by atoms with Crippen LogP contribution in [0.25, 0.3) is 11.0 Å². The molecule has 0 aliphatic carbocycles. The van der Waals surface area contributed by atoms with Crippen LogP contribution in [0.2, 0.25) is 0 Å². The average molecular weight is 315 g/mol. The van der Waals surface area contributed by atoms with Crippen molar-refractivity contribution in [2.24, 2.45) is 0 Å². The molecule has 1 aromatic carbocycles. The third-order valence-corrected chi connectivity index (χ3v) is 3.12. The first-order valence-corrected chi connectivity index (χ1v) is 6.17. The highest BCUT2D eigenvalue weighted by atomic mass is 79.9. The molecule has 7 heteroatoms. The Kier molecular flexibility index (Phi) is 2.85. The molecule has 0 saturated heterocycles. The van der Waals surface area contributed by atoms with Gasteiger partial charge in [0.05, 0.1) is 29.8 Å². The van der Waals surface area contributed by atoms with E-state index in [1.807, 2.05) is 18.2 Å². The first-order chi connectivity index (χ1) is 9.26. The van der Waals surface area contributed by atoms with E-state index in [4.69, 9.17) is 5.26 Å². The summed E-state index contributed by atoms with van der Waals surface area (Å²) in [4.78, 5) is 15.3. The van der Waals surface area contributed by atoms with Crippen molar-refractivity contribution in [3.05, 3.63) is 40.9 Å². The highest BCUT2D eigenvalue weighted by Crippen LogP contribution is 2.26. The van der Waals surface area contributed by atoms with E-state index < -0.39 is 0 Å². The number of imidazole rings is 1.